The predicted octanol–water partition coefficient (Wildman–Crippen LogP) is 5.64. The summed E-state index contributed by atoms with van der Waals surface area (Å²) >= 11 is 0. The van der Waals surface area contributed by atoms with Crippen molar-refractivity contribution >= 4 is 28.6 Å². The van der Waals surface area contributed by atoms with Gasteiger partial charge in [0.25, 0.3) is 5.91 Å². The molecule has 1 atom stereocenters. The number of likely N-dealkylation sites (tertiary alicyclic amines) is 1. The molecule has 4 aliphatic rings. The smallest absolute Gasteiger partial charge is 0.317 e. The zero-order valence-electron chi connectivity index (χ0n) is 32.0. The summed E-state index contributed by atoms with van der Waals surface area (Å²) in [6, 6.07) is 31.1. The lowest BCUT2D eigenvalue weighted by atomic mass is 9.72. The van der Waals surface area contributed by atoms with Crippen molar-refractivity contribution < 1.29 is 29.0 Å². The first-order valence-electron chi connectivity index (χ1n) is 19.9. The zero-order chi connectivity index (χ0) is 39.4. The van der Waals surface area contributed by atoms with Gasteiger partial charge in [0, 0.05) is 42.2 Å². The van der Waals surface area contributed by atoms with Gasteiger partial charge in [0.1, 0.15) is 24.2 Å². The van der Waals surface area contributed by atoms with Crippen LogP contribution in [-0.2, 0) is 28.0 Å². The number of benzene rings is 4. The number of nitrogens with zero attached hydrogens (tertiary/aromatic N) is 2. The molecule has 294 valence electrons. The molecule has 9 rings (SSSR count). The zero-order valence-corrected chi connectivity index (χ0v) is 32.0. The fraction of sp³-hybridized carbons (Fsp3) is 0.348. The van der Waals surface area contributed by atoms with Gasteiger partial charge >= 0.3 is 5.97 Å². The van der Waals surface area contributed by atoms with Crippen molar-refractivity contribution in [3.63, 3.8) is 0 Å². The van der Waals surface area contributed by atoms with E-state index in [0.29, 0.717) is 67.3 Å². The lowest BCUT2D eigenvalue weighted by molar-refractivity contribution is -0.167. The number of hydrogen-bond donors (Lipinski definition) is 3. The Morgan fingerprint density at radius 3 is 2.25 bits per heavy atom. The molecule has 4 saturated heterocycles. The molecule has 0 spiro atoms. The predicted molar refractivity (Wildman–Crippen MR) is 217 cm³/mol. The number of phenols is 1. The topological polar surface area (TPSA) is 141 Å². The lowest BCUT2D eigenvalue weighted by Crippen LogP contribution is -2.55. The molecule has 11 heteroatoms. The molecule has 2 bridgehead atoms. The molecule has 5 heterocycles. The Morgan fingerprint density at radius 1 is 0.825 bits per heavy atom. The van der Waals surface area contributed by atoms with E-state index >= 15 is 0 Å². The van der Waals surface area contributed by atoms with E-state index in [9.17, 15) is 24.3 Å². The molecule has 1 aromatic heterocycles. The van der Waals surface area contributed by atoms with Gasteiger partial charge in [-0.1, -0.05) is 54.6 Å². The standard InChI is InChI=1S/C46H48N4O7/c51-39-16-14-37(38-15-17-42(53)48-43(38)39)40(52)28-47-23-18-31-6-8-32(9-7-31)30-56-36-12-10-34(11-13-36)44(54)50-26-21-46(22-27-50,35-4-2-1-3-5-35)45(55)57-41-29-49-24-19-33(41)20-25-49/h1-17,33,41,47,51H,18-30H2,(H,48,53)/t41-/m0/s1. The molecule has 0 radical (unpaired) electrons. The molecule has 4 aliphatic heterocycles. The Kier molecular flexibility index (Phi) is 11.2. The molecular formula is C46H48N4O7. The summed E-state index contributed by atoms with van der Waals surface area (Å²) in [6.07, 6.45) is 3.86. The third-order valence-electron chi connectivity index (χ3n) is 12.1. The Hall–Kier alpha value is -5.78. The monoisotopic (exact) mass is 768 g/mol. The van der Waals surface area contributed by atoms with Crippen LogP contribution >= 0.6 is 0 Å². The third-order valence-corrected chi connectivity index (χ3v) is 12.1. The van der Waals surface area contributed by atoms with Crippen molar-refractivity contribution in [2.45, 2.75) is 50.2 Å². The average Bonchev–Trinajstić information content (AvgIpc) is 3.25. The summed E-state index contributed by atoms with van der Waals surface area (Å²) in [4.78, 5) is 59.0. The van der Waals surface area contributed by atoms with Gasteiger partial charge in [0.05, 0.1) is 17.5 Å². The van der Waals surface area contributed by atoms with Gasteiger partial charge in [0.2, 0.25) is 5.56 Å². The van der Waals surface area contributed by atoms with Gasteiger partial charge in [-0.15, -0.1) is 0 Å². The van der Waals surface area contributed by atoms with Crippen LogP contribution in [0.4, 0.5) is 0 Å². The van der Waals surface area contributed by atoms with Crippen molar-refractivity contribution in [2.75, 3.05) is 45.8 Å². The number of nitrogens with one attached hydrogen (secondary N) is 2. The molecule has 11 nitrogen and oxygen atoms in total. The highest BCUT2D eigenvalue weighted by molar-refractivity contribution is 6.09. The van der Waals surface area contributed by atoms with E-state index in [-0.39, 0.29) is 47.1 Å². The molecule has 4 aromatic carbocycles. The molecule has 57 heavy (non-hydrogen) atoms. The van der Waals surface area contributed by atoms with Gasteiger partial charge in [-0.3, -0.25) is 24.1 Å². The Balaban J connectivity index is 0.797. The van der Waals surface area contributed by atoms with E-state index < -0.39 is 5.41 Å². The first-order chi connectivity index (χ1) is 27.8. The van der Waals surface area contributed by atoms with Gasteiger partial charge in [-0.2, -0.15) is 0 Å². The number of Topliss-reactive ketones (excluding diaryl/α,β-unsaturated/α-hetero) is 1. The highest BCUT2D eigenvalue weighted by Crippen LogP contribution is 2.39. The summed E-state index contributed by atoms with van der Waals surface area (Å²) in [5.41, 5.74) is 3.23. The normalized spacial score (nSPS) is 19.9. The van der Waals surface area contributed by atoms with Crippen LogP contribution in [0.25, 0.3) is 10.9 Å². The maximum absolute atomic E-state index is 14.0. The summed E-state index contributed by atoms with van der Waals surface area (Å²) in [6.45, 7) is 5.01. The van der Waals surface area contributed by atoms with E-state index in [1.807, 2.05) is 71.6 Å². The fourth-order valence-electron chi connectivity index (χ4n) is 8.61. The number of piperidine rings is 4. The molecular weight excluding hydrogens is 721 g/mol. The van der Waals surface area contributed by atoms with Gasteiger partial charge in [-0.25, -0.2) is 0 Å². The highest BCUT2D eigenvalue weighted by Gasteiger charge is 2.47. The largest absolute Gasteiger partial charge is 0.506 e. The van der Waals surface area contributed by atoms with Crippen molar-refractivity contribution in [1.29, 1.82) is 0 Å². The van der Waals surface area contributed by atoms with Crippen LogP contribution < -0.4 is 15.6 Å². The number of ketones is 1. The second-order valence-corrected chi connectivity index (χ2v) is 15.5. The first kappa shape index (κ1) is 38.1. The van der Waals surface area contributed by atoms with E-state index in [0.717, 1.165) is 55.6 Å². The summed E-state index contributed by atoms with van der Waals surface area (Å²) < 4.78 is 12.4. The van der Waals surface area contributed by atoms with Crippen molar-refractivity contribution in [2.24, 2.45) is 5.92 Å². The number of carbonyl (C=O) groups excluding carboxylic acids is 3. The van der Waals surface area contributed by atoms with E-state index in [2.05, 4.69) is 15.2 Å². The number of pyridine rings is 1. The average molecular weight is 769 g/mol. The first-order valence-corrected chi connectivity index (χ1v) is 19.9. The molecule has 5 aromatic rings. The quantitative estimate of drug-likeness (QED) is 0.0789. The molecule has 0 aliphatic carbocycles. The minimum atomic E-state index is -0.770. The van der Waals surface area contributed by atoms with Crippen LogP contribution in [0.5, 0.6) is 11.5 Å². The number of phenolic OH excluding ortho intramolecular Hbond substituents is 1. The number of rotatable bonds is 13. The van der Waals surface area contributed by atoms with Crippen LogP contribution in [0.2, 0.25) is 0 Å². The van der Waals surface area contributed by atoms with Crippen LogP contribution in [0.3, 0.4) is 0 Å². The Morgan fingerprint density at radius 2 is 1.54 bits per heavy atom. The number of esters is 1. The maximum Gasteiger partial charge on any atom is 0.317 e. The van der Waals surface area contributed by atoms with Crippen LogP contribution in [0.1, 0.15) is 63.1 Å². The molecule has 4 fully saturated rings. The van der Waals surface area contributed by atoms with E-state index in [4.69, 9.17) is 9.47 Å². The number of H-pyrrole nitrogens is 1. The number of fused-ring (bicyclic) bond motifs is 4. The van der Waals surface area contributed by atoms with Crippen LogP contribution in [-0.4, -0.2) is 89.5 Å². The molecule has 0 unspecified atom stereocenters. The van der Waals surface area contributed by atoms with Gasteiger partial charge in [-0.05, 0) is 117 Å². The SMILES string of the molecule is O=C(CNCCc1ccc(COc2ccc(C(=O)N3CCC(C(=O)O[C@H]4CN5CCC4CC5)(c4ccccc4)CC3)cc2)cc1)c1ccc(O)c2[nH]c(=O)ccc12. The number of ether oxygens (including phenoxy) is 2. The van der Waals surface area contributed by atoms with Crippen molar-refractivity contribution in [1.82, 2.24) is 20.1 Å². The van der Waals surface area contributed by atoms with Crippen LogP contribution in [0, 0.1) is 5.92 Å². The maximum atomic E-state index is 14.0. The second kappa shape index (κ2) is 16.8. The van der Waals surface area contributed by atoms with Gasteiger partial charge < -0.3 is 29.8 Å². The molecule has 1 amide bonds. The van der Waals surface area contributed by atoms with E-state index in [1.165, 1.54) is 12.1 Å². The second-order valence-electron chi connectivity index (χ2n) is 15.5. The number of amides is 1. The summed E-state index contributed by atoms with van der Waals surface area (Å²) in [5, 5.41) is 13.8. The van der Waals surface area contributed by atoms with Crippen LogP contribution in [0.15, 0.2) is 108 Å². The Labute approximate surface area is 331 Å². The number of carbonyl (C=O) groups is 3. The summed E-state index contributed by atoms with van der Waals surface area (Å²) in [7, 11) is 0. The van der Waals surface area contributed by atoms with Crippen molar-refractivity contribution in [3.8, 4) is 11.5 Å². The van der Waals surface area contributed by atoms with E-state index in [1.54, 1.807) is 24.3 Å². The third kappa shape index (κ3) is 8.36. The minimum absolute atomic E-state index is 0.0592. The number of aromatic amines is 1. The fourth-order valence-corrected chi connectivity index (χ4v) is 8.61. The number of aromatic hydroxyl groups is 1. The summed E-state index contributed by atoms with van der Waals surface area (Å²) in [5.74, 6) is 0.672. The minimum Gasteiger partial charge on any atom is -0.506 e. The highest BCUT2D eigenvalue weighted by atomic mass is 16.5. The number of hydrogen-bond acceptors (Lipinski definition) is 9. The molecule has 3 N–H and O–H groups in total. The number of aromatic nitrogens is 1. The lowest BCUT2D eigenvalue weighted by Gasteiger charge is -2.46. The Bertz CT molecular complexity index is 2270. The van der Waals surface area contributed by atoms with Crippen molar-refractivity contribution in [3.05, 3.63) is 141 Å². The molecule has 0 saturated carbocycles. The van der Waals surface area contributed by atoms with Gasteiger partial charge in [0.15, 0.2) is 5.78 Å².